The van der Waals surface area contributed by atoms with Crippen molar-refractivity contribution in [3.8, 4) is 5.88 Å². The molecule has 0 saturated carbocycles. The quantitative estimate of drug-likeness (QED) is 0.801. The lowest BCUT2D eigenvalue weighted by molar-refractivity contribution is 0.229. The molecular weight excluding hydrogens is 202 g/mol. The van der Waals surface area contributed by atoms with E-state index in [0.29, 0.717) is 11.8 Å². The number of hydrogen-bond acceptors (Lipinski definition) is 4. The highest BCUT2D eigenvalue weighted by atomic mass is 16.5. The summed E-state index contributed by atoms with van der Waals surface area (Å²) in [6.07, 6.45) is 0.138. The molecule has 4 heteroatoms. The van der Waals surface area contributed by atoms with E-state index in [-0.39, 0.29) is 6.10 Å². The molecule has 0 amide bonds. The number of nitrogens with zero attached hydrogens (tertiary/aromatic N) is 2. The Hall–Kier alpha value is -1.16. The minimum atomic E-state index is 0.138. The van der Waals surface area contributed by atoms with Crippen LogP contribution in [0.1, 0.15) is 33.4 Å². The van der Waals surface area contributed by atoms with Crippen molar-refractivity contribution in [3.63, 3.8) is 0 Å². The third-order valence-electron chi connectivity index (χ3n) is 1.91. The fourth-order valence-electron chi connectivity index (χ4n) is 1.24. The Morgan fingerprint density at radius 3 is 2.44 bits per heavy atom. The molecule has 1 N–H and O–H groups in total. The van der Waals surface area contributed by atoms with Gasteiger partial charge in [0.25, 0.3) is 0 Å². The maximum absolute atomic E-state index is 5.42. The third-order valence-corrected chi connectivity index (χ3v) is 1.91. The predicted molar refractivity (Wildman–Crippen MR) is 64.3 cm³/mol. The van der Waals surface area contributed by atoms with Crippen LogP contribution in [0.15, 0.2) is 12.1 Å². The molecule has 1 heterocycles. The van der Waals surface area contributed by atoms with E-state index >= 15 is 0 Å². The summed E-state index contributed by atoms with van der Waals surface area (Å²) in [5.41, 5.74) is 0.941. The van der Waals surface area contributed by atoms with E-state index in [1.165, 1.54) is 0 Å². The third kappa shape index (κ3) is 5.07. The van der Waals surface area contributed by atoms with Gasteiger partial charge in [0.1, 0.15) is 0 Å². The molecule has 0 bridgehead atoms. The highest BCUT2D eigenvalue weighted by Gasteiger charge is 2.01. The number of ether oxygens (including phenoxy) is 1. The van der Waals surface area contributed by atoms with Gasteiger partial charge in [0.2, 0.25) is 5.88 Å². The fraction of sp³-hybridized carbons (Fsp3) is 0.667. The lowest BCUT2D eigenvalue weighted by Gasteiger charge is -2.09. The molecule has 1 rings (SSSR count). The zero-order valence-electron chi connectivity index (χ0n) is 10.5. The average Bonchev–Trinajstić information content (AvgIpc) is 2.19. The van der Waals surface area contributed by atoms with Crippen LogP contribution >= 0.6 is 0 Å². The van der Waals surface area contributed by atoms with Crippen LogP contribution in [0.4, 0.5) is 0 Å². The first-order chi connectivity index (χ1) is 7.58. The molecular formula is C12H21N3O. The van der Waals surface area contributed by atoms with Crippen LogP contribution in [0.2, 0.25) is 0 Å². The molecule has 90 valence electrons. The van der Waals surface area contributed by atoms with E-state index in [1.54, 1.807) is 0 Å². The molecule has 4 nitrogen and oxygen atoms in total. The van der Waals surface area contributed by atoms with Gasteiger partial charge in [-0.15, -0.1) is 5.10 Å². The molecule has 0 aliphatic heterocycles. The van der Waals surface area contributed by atoms with Crippen LogP contribution < -0.4 is 10.1 Å². The number of rotatable bonds is 6. The smallest absolute Gasteiger partial charge is 0.233 e. The van der Waals surface area contributed by atoms with Gasteiger partial charge in [0.15, 0.2) is 0 Å². The van der Waals surface area contributed by atoms with Crippen LogP contribution in [-0.2, 0) is 6.54 Å². The van der Waals surface area contributed by atoms with E-state index in [0.717, 1.165) is 18.8 Å². The standard InChI is InChI=1S/C12H21N3O/c1-9(2)7-13-8-11-5-6-12(15-14-11)16-10(3)4/h5-6,9-10,13H,7-8H2,1-4H3. The first-order valence-electron chi connectivity index (χ1n) is 5.78. The van der Waals surface area contributed by atoms with Gasteiger partial charge < -0.3 is 10.1 Å². The van der Waals surface area contributed by atoms with E-state index < -0.39 is 0 Å². The topological polar surface area (TPSA) is 47.0 Å². The van der Waals surface area contributed by atoms with E-state index in [9.17, 15) is 0 Å². The molecule has 0 aromatic carbocycles. The summed E-state index contributed by atoms with van der Waals surface area (Å²) >= 11 is 0. The molecule has 0 aliphatic carbocycles. The summed E-state index contributed by atoms with van der Waals surface area (Å²) < 4.78 is 5.42. The summed E-state index contributed by atoms with van der Waals surface area (Å²) in [4.78, 5) is 0. The van der Waals surface area contributed by atoms with Crippen LogP contribution in [0.3, 0.4) is 0 Å². The molecule has 0 fully saturated rings. The van der Waals surface area contributed by atoms with E-state index in [1.807, 2.05) is 26.0 Å². The summed E-state index contributed by atoms with van der Waals surface area (Å²) in [5, 5.41) is 11.4. The number of nitrogens with one attached hydrogen (secondary N) is 1. The van der Waals surface area contributed by atoms with Crippen molar-refractivity contribution in [1.29, 1.82) is 0 Å². The Bertz CT molecular complexity index is 296. The Kier molecular flexibility index (Phi) is 5.19. The zero-order chi connectivity index (χ0) is 12.0. The van der Waals surface area contributed by atoms with Crippen molar-refractivity contribution >= 4 is 0 Å². The van der Waals surface area contributed by atoms with Gasteiger partial charge >= 0.3 is 0 Å². The van der Waals surface area contributed by atoms with Gasteiger partial charge in [-0.05, 0) is 32.4 Å². The summed E-state index contributed by atoms with van der Waals surface area (Å²) in [5.74, 6) is 1.24. The first-order valence-corrected chi connectivity index (χ1v) is 5.78. The van der Waals surface area contributed by atoms with Crippen LogP contribution in [0, 0.1) is 5.92 Å². The predicted octanol–water partition coefficient (Wildman–Crippen LogP) is 2.01. The summed E-state index contributed by atoms with van der Waals surface area (Å²) in [6, 6.07) is 3.80. The minimum Gasteiger partial charge on any atom is -0.474 e. The molecule has 16 heavy (non-hydrogen) atoms. The lowest BCUT2D eigenvalue weighted by atomic mass is 10.2. The van der Waals surface area contributed by atoms with Gasteiger partial charge in [-0.3, -0.25) is 0 Å². The second-order valence-corrected chi connectivity index (χ2v) is 4.55. The molecule has 1 aromatic rings. The van der Waals surface area contributed by atoms with Crippen molar-refractivity contribution in [1.82, 2.24) is 15.5 Å². The largest absolute Gasteiger partial charge is 0.474 e. The molecule has 0 radical (unpaired) electrons. The molecule has 0 spiro atoms. The summed E-state index contributed by atoms with van der Waals surface area (Å²) in [6.45, 7) is 10.1. The SMILES string of the molecule is CC(C)CNCc1ccc(OC(C)C)nn1. The average molecular weight is 223 g/mol. The highest BCUT2D eigenvalue weighted by Crippen LogP contribution is 2.06. The van der Waals surface area contributed by atoms with Gasteiger partial charge in [0.05, 0.1) is 11.8 Å². The molecule has 0 atom stereocenters. The molecule has 0 aliphatic rings. The van der Waals surface area contributed by atoms with Crippen LogP contribution in [-0.4, -0.2) is 22.8 Å². The second kappa shape index (κ2) is 6.43. The monoisotopic (exact) mass is 223 g/mol. The Balaban J connectivity index is 2.39. The van der Waals surface area contributed by atoms with Gasteiger partial charge in [-0.25, -0.2) is 0 Å². The zero-order valence-corrected chi connectivity index (χ0v) is 10.5. The van der Waals surface area contributed by atoms with Gasteiger partial charge in [0, 0.05) is 12.6 Å². The molecule has 1 aromatic heterocycles. The van der Waals surface area contributed by atoms with Crippen LogP contribution in [0.5, 0.6) is 5.88 Å². The van der Waals surface area contributed by atoms with Crippen molar-refractivity contribution in [2.24, 2.45) is 5.92 Å². The van der Waals surface area contributed by atoms with Crippen LogP contribution in [0.25, 0.3) is 0 Å². The number of hydrogen-bond donors (Lipinski definition) is 1. The first kappa shape index (κ1) is 12.9. The highest BCUT2D eigenvalue weighted by molar-refractivity contribution is 5.11. The Morgan fingerprint density at radius 1 is 1.19 bits per heavy atom. The maximum atomic E-state index is 5.42. The van der Waals surface area contributed by atoms with Crippen molar-refractivity contribution in [2.75, 3.05) is 6.54 Å². The lowest BCUT2D eigenvalue weighted by Crippen LogP contribution is -2.20. The fourth-order valence-corrected chi connectivity index (χ4v) is 1.24. The summed E-state index contributed by atoms with van der Waals surface area (Å²) in [7, 11) is 0. The van der Waals surface area contributed by atoms with Gasteiger partial charge in [-0.2, -0.15) is 5.10 Å². The van der Waals surface area contributed by atoms with E-state index in [4.69, 9.17) is 4.74 Å². The van der Waals surface area contributed by atoms with Crippen molar-refractivity contribution < 1.29 is 4.74 Å². The minimum absolute atomic E-state index is 0.138. The van der Waals surface area contributed by atoms with Crippen molar-refractivity contribution in [3.05, 3.63) is 17.8 Å². The molecule has 0 unspecified atom stereocenters. The van der Waals surface area contributed by atoms with E-state index in [2.05, 4.69) is 29.4 Å². The number of aromatic nitrogens is 2. The second-order valence-electron chi connectivity index (χ2n) is 4.55. The maximum Gasteiger partial charge on any atom is 0.233 e. The Morgan fingerprint density at radius 2 is 1.94 bits per heavy atom. The van der Waals surface area contributed by atoms with Crippen molar-refractivity contribution in [2.45, 2.75) is 40.3 Å². The Labute approximate surface area is 97.4 Å². The molecule has 0 saturated heterocycles. The normalized spacial score (nSPS) is 11.1. The van der Waals surface area contributed by atoms with Gasteiger partial charge in [-0.1, -0.05) is 13.8 Å².